The van der Waals surface area contributed by atoms with E-state index >= 15 is 0 Å². The van der Waals surface area contributed by atoms with E-state index in [1.807, 2.05) is 18.2 Å². The Labute approximate surface area is 103 Å². The average molecular weight is 232 g/mol. The molecule has 92 valence electrons. The Morgan fingerprint density at radius 2 is 2.00 bits per heavy atom. The number of likely N-dealkylation sites (tertiary alicyclic amines) is 1. The van der Waals surface area contributed by atoms with Crippen LogP contribution in [0.5, 0.6) is 0 Å². The van der Waals surface area contributed by atoms with Crippen LogP contribution in [0.25, 0.3) is 0 Å². The van der Waals surface area contributed by atoms with E-state index in [4.69, 9.17) is 0 Å². The van der Waals surface area contributed by atoms with Crippen LogP contribution in [0.2, 0.25) is 0 Å². The quantitative estimate of drug-likeness (QED) is 0.741. The summed E-state index contributed by atoms with van der Waals surface area (Å²) in [7, 11) is 2.29. The molecule has 3 rings (SSSR count). The molecule has 1 aromatic rings. The number of rotatable bonds is 1. The molecule has 0 radical (unpaired) electrons. The first-order valence-electron chi connectivity index (χ1n) is 6.82. The molecule has 1 aliphatic carbocycles. The first kappa shape index (κ1) is 11.2. The third-order valence-electron chi connectivity index (χ3n) is 4.94. The molecule has 17 heavy (non-hydrogen) atoms. The van der Waals surface area contributed by atoms with E-state index in [1.54, 1.807) is 4.90 Å². The molecule has 4 atom stereocenters. The summed E-state index contributed by atoms with van der Waals surface area (Å²) in [5.74, 6) is 0.457. The van der Waals surface area contributed by atoms with Crippen molar-refractivity contribution in [2.45, 2.75) is 37.3 Å². The van der Waals surface area contributed by atoms with Crippen molar-refractivity contribution in [1.82, 2.24) is 0 Å². The Hall–Kier alpha value is -0.860. The van der Waals surface area contributed by atoms with Crippen LogP contribution >= 0.6 is 0 Å². The van der Waals surface area contributed by atoms with Gasteiger partial charge in [0.25, 0.3) is 0 Å². The molecule has 0 aromatic heterocycles. The number of nitrogens with one attached hydrogen (secondary N) is 1. The standard InChI is InChI=1S/C15H21NO/c1-16-11-10-15(17,12-6-3-2-4-7-12)13-8-5-9-14(13)16/h2-4,6-7,13-14,17H,5,8-11H2,1H3/p+1/t13-,14+,15+/m1/s1. The van der Waals surface area contributed by atoms with E-state index < -0.39 is 5.60 Å². The summed E-state index contributed by atoms with van der Waals surface area (Å²) in [5, 5.41) is 11.1. The summed E-state index contributed by atoms with van der Waals surface area (Å²) in [6, 6.07) is 11.0. The van der Waals surface area contributed by atoms with Crippen LogP contribution in [0.3, 0.4) is 0 Å². The lowest BCUT2D eigenvalue weighted by molar-refractivity contribution is -0.918. The molecule has 1 aliphatic heterocycles. The minimum atomic E-state index is -0.568. The molecule has 1 saturated heterocycles. The van der Waals surface area contributed by atoms with Gasteiger partial charge in [-0.1, -0.05) is 30.3 Å². The summed E-state index contributed by atoms with van der Waals surface area (Å²) in [4.78, 5) is 1.62. The second-order valence-electron chi connectivity index (χ2n) is 5.78. The van der Waals surface area contributed by atoms with Crippen LogP contribution in [-0.2, 0) is 5.60 Å². The summed E-state index contributed by atoms with van der Waals surface area (Å²) in [6.45, 7) is 1.09. The van der Waals surface area contributed by atoms with E-state index in [0.717, 1.165) is 18.5 Å². The fourth-order valence-corrected chi connectivity index (χ4v) is 3.97. The Morgan fingerprint density at radius 3 is 2.76 bits per heavy atom. The molecular formula is C15H22NO+. The van der Waals surface area contributed by atoms with Crippen molar-refractivity contribution in [2.24, 2.45) is 5.92 Å². The lowest BCUT2D eigenvalue weighted by atomic mass is 9.73. The molecule has 2 fully saturated rings. The van der Waals surface area contributed by atoms with Crippen LogP contribution in [-0.4, -0.2) is 24.7 Å². The van der Waals surface area contributed by atoms with Gasteiger partial charge >= 0.3 is 0 Å². The SMILES string of the molecule is C[NH+]1CC[C@](O)(c2ccccc2)[C@@H]2CCC[C@@H]21. The fourth-order valence-electron chi connectivity index (χ4n) is 3.97. The Bertz CT molecular complexity index is 391. The summed E-state index contributed by atoms with van der Waals surface area (Å²) in [5.41, 5.74) is 0.562. The van der Waals surface area contributed by atoms with Crippen LogP contribution in [0, 0.1) is 5.92 Å². The molecule has 2 heteroatoms. The largest absolute Gasteiger partial charge is 0.384 e. The highest BCUT2D eigenvalue weighted by molar-refractivity contribution is 5.24. The number of hydrogen-bond donors (Lipinski definition) is 2. The Balaban J connectivity index is 1.97. The predicted octanol–water partition coefficient (Wildman–Crippen LogP) is 0.961. The van der Waals surface area contributed by atoms with Crippen molar-refractivity contribution in [3.05, 3.63) is 35.9 Å². The van der Waals surface area contributed by atoms with Gasteiger partial charge in [-0.05, 0) is 24.8 Å². The highest BCUT2D eigenvalue weighted by atomic mass is 16.3. The zero-order chi connectivity index (χ0) is 11.9. The normalized spacial score (nSPS) is 41.2. The number of piperidine rings is 1. The van der Waals surface area contributed by atoms with Gasteiger partial charge < -0.3 is 10.0 Å². The number of quaternary nitrogens is 1. The molecule has 1 heterocycles. The zero-order valence-corrected chi connectivity index (χ0v) is 10.5. The van der Waals surface area contributed by atoms with Crippen molar-refractivity contribution < 1.29 is 10.0 Å². The van der Waals surface area contributed by atoms with E-state index in [0.29, 0.717) is 12.0 Å². The molecule has 1 unspecified atom stereocenters. The molecule has 1 aromatic carbocycles. The third kappa shape index (κ3) is 1.71. The highest BCUT2D eigenvalue weighted by Crippen LogP contribution is 2.43. The van der Waals surface area contributed by atoms with E-state index in [1.165, 1.54) is 19.3 Å². The molecule has 0 spiro atoms. The van der Waals surface area contributed by atoms with Gasteiger partial charge in [0, 0.05) is 12.3 Å². The molecule has 0 bridgehead atoms. The maximum atomic E-state index is 11.1. The van der Waals surface area contributed by atoms with Gasteiger partial charge in [0.15, 0.2) is 0 Å². The van der Waals surface area contributed by atoms with Gasteiger partial charge in [-0.25, -0.2) is 0 Å². The topological polar surface area (TPSA) is 24.7 Å². The number of benzene rings is 1. The molecule has 1 saturated carbocycles. The first-order chi connectivity index (χ1) is 8.22. The average Bonchev–Trinajstić information content (AvgIpc) is 2.86. The summed E-state index contributed by atoms with van der Waals surface area (Å²) < 4.78 is 0. The number of hydrogen-bond acceptors (Lipinski definition) is 1. The van der Waals surface area contributed by atoms with Crippen LogP contribution in [0.4, 0.5) is 0 Å². The molecule has 0 amide bonds. The van der Waals surface area contributed by atoms with Gasteiger partial charge in [0.1, 0.15) is 5.60 Å². The van der Waals surface area contributed by atoms with Gasteiger partial charge in [0.05, 0.1) is 19.6 Å². The molecular weight excluding hydrogens is 210 g/mol. The maximum Gasteiger partial charge on any atom is 0.103 e. The summed E-state index contributed by atoms with van der Waals surface area (Å²) in [6.07, 6.45) is 4.66. The van der Waals surface area contributed by atoms with Crippen molar-refractivity contribution in [1.29, 1.82) is 0 Å². The van der Waals surface area contributed by atoms with Gasteiger partial charge in [-0.3, -0.25) is 0 Å². The maximum absolute atomic E-state index is 11.1. The summed E-state index contributed by atoms with van der Waals surface area (Å²) >= 11 is 0. The second-order valence-corrected chi connectivity index (χ2v) is 5.78. The smallest absolute Gasteiger partial charge is 0.103 e. The number of aliphatic hydroxyl groups is 1. The minimum absolute atomic E-state index is 0.457. The minimum Gasteiger partial charge on any atom is -0.384 e. The third-order valence-corrected chi connectivity index (χ3v) is 4.94. The van der Waals surface area contributed by atoms with Crippen LogP contribution in [0.15, 0.2) is 30.3 Å². The van der Waals surface area contributed by atoms with Gasteiger partial charge in [-0.15, -0.1) is 0 Å². The van der Waals surface area contributed by atoms with Crippen molar-refractivity contribution in [3.63, 3.8) is 0 Å². The van der Waals surface area contributed by atoms with Crippen molar-refractivity contribution in [2.75, 3.05) is 13.6 Å². The van der Waals surface area contributed by atoms with Crippen molar-refractivity contribution in [3.8, 4) is 0 Å². The van der Waals surface area contributed by atoms with Crippen LogP contribution in [0.1, 0.15) is 31.2 Å². The Morgan fingerprint density at radius 1 is 1.24 bits per heavy atom. The van der Waals surface area contributed by atoms with Gasteiger partial charge in [0.2, 0.25) is 0 Å². The first-order valence-corrected chi connectivity index (χ1v) is 6.82. The molecule has 2 N–H and O–H groups in total. The van der Waals surface area contributed by atoms with E-state index in [2.05, 4.69) is 19.2 Å². The molecule has 2 nitrogen and oxygen atoms in total. The zero-order valence-electron chi connectivity index (χ0n) is 10.5. The monoisotopic (exact) mass is 232 g/mol. The second kappa shape index (κ2) is 4.11. The Kier molecular flexibility index (Phi) is 2.72. The fraction of sp³-hybridized carbons (Fsp3) is 0.600. The van der Waals surface area contributed by atoms with Gasteiger partial charge in [-0.2, -0.15) is 0 Å². The van der Waals surface area contributed by atoms with Crippen molar-refractivity contribution >= 4 is 0 Å². The molecule has 2 aliphatic rings. The lowest BCUT2D eigenvalue weighted by Gasteiger charge is -2.44. The number of fused-ring (bicyclic) bond motifs is 1. The van der Waals surface area contributed by atoms with E-state index in [-0.39, 0.29) is 0 Å². The highest BCUT2D eigenvalue weighted by Gasteiger charge is 2.51. The van der Waals surface area contributed by atoms with E-state index in [9.17, 15) is 5.11 Å². The lowest BCUT2D eigenvalue weighted by Crippen LogP contribution is -3.15. The van der Waals surface area contributed by atoms with Crippen LogP contribution < -0.4 is 4.90 Å². The predicted molar refractivity (Wildman–Crippen MR) is 67.8 cm³/mol.